The molecule has 0 amide bonds. The molecule has 1 aromatic heterocycles. The van der Waals surface area contributed by atoms with Crippen LogP contribution in [0.25, 0.3) is 0 Å². The number of pyridine rings is 1. The number of nitriles is 1. The van der Waals surface area contributed by atoms with Crippen molar-refractivity contribution in [2.45, 2.75) is 19.8 Å². The number of nitrogens with one attached hydrogen (secondary N) is 1. The normalized spacial score (nSPS) is 9.78. The van der Waals surface area contributed by atoms with Crippen molar-refractivity contribution in [1.82, 2.24) is 4.98 Å². The van der Waals surface area contributed by atoms with E-state index in [4.69, 9.17) is 5.26 Å². The van der Waals surface area contributed by atoms with Crippen LogP contribution in [0.4, 0.5) is 11.4 Å². The van der Waals surface area contributed by atoms with Gasteiger partial charge in [-0.2, -0.15) is 5.26 Å². The summed E-state index contributed by atoms with van der Waals surface area (Å²) in [6, 6.07) is 14.0. The summed E-state index contributed by atoms with van der Waals surface area (Å²) in [7, 11) is 0. The summed E-state index contributed by atoms with van der Waals surface area (Å²) in [6.07, 6.45) is 3.86. The fraction of sp³-hybridized carbons (Fsp3) is 0.200. The Morgan fingerprint density at radius 1 is 1.22 bits per heavy atom. The molecule has 3 heteroatoms. The molecule has 0 atom stereocenters. The highest BCUT2D eigenvalue weighted by Crippen LogP contribution is 2.19. The first-order valence-electron chi connectivity index (χ1n) is 6.04. The van der Waals surface area contributed by atoms with Crippen molar-refractivity contribution in [3.8, 4) is 6.07 Å². The third-order valence-corrected chi connectivity index (χ3v) is 2.69. The molecule has 0 saturated carbocycles. The molecular weight excluding hydrogens is 222 g/mol. The van der Waals surface area contributed by atoms with E-state index in [0.29, 0.717) is 5.69 Å². The third kappa shape index (κ3) is 2.86. The minimum absolute atomic E-state index is 0.412. The molecule has 1 heterocycles. The minimum atomic E-state index is 0.412. The fourth-order valence-electron chi connectivity index (χ4n) is 1.79. The molecule has 3 nitrogen and oxygen atoms in total. The Labute approximate surface area is 107 Å². The number of anilines is 2. The van der Waals surface area contributed by atoms with Crippen molar-refractivity contribution in [2.75, 3.05) is 5.32 Å². The van der Waals surface area contributed by atoms with E-state index in [0.717, 1.165) is 24.2 Å². The van der Waals surface area contributed by atoms with Crippen molar-refractivity contribution in [3.63, 3.8) is 0 Å². The number of benzene rings is 1. The number of aryl methyl sites for hydroxylation is 1. The van der Waals surface area contributed by atoms with Crippen LogP contribution in [0, 0.1) is 11.3 Å². The van der Waals surface area contributed by atoms with E-state index in [2.05, 4.69) is 35.4 Å². The molecule has 0 aliphatic carbocycles. The van der Waals surface area contributed by atoms with Gasteiger partial charge in [0.25, 0.3) is 0 Å². The molecule has 0 unspecified atom stereocenters. The molecule has 0 aliphatic rings. The summed E-state index contributed by atoms with van der Waals surface area (Å²) in [5.74, 6) is 0. The minimum Gasteiger partial charge on any atom is -0.353 e. The molecule has 0 bridgehead atoms. The van der Waals surface area contributed by atoms with E-state index in [9.17, 15) is 0 Å². The molecule has 1 N–H and O–H groups in total. The third-order valence-electron chi connectivity index (χ3n) is 2.69. The van der Waals surface area contributed by atoms with Crippen molar-refractivity contribution in [3.05, 3.63) is 53.9 Å². The van der Waals surface area contributed by atoms with Crippen LogP contribution in [-0.2, 0) is 6.42 Å². The Bertz CT molecular complexity index is 553. The monoisotopic (exact) mass is 237 g/mol. The van der Waals surface area contributed by atoms with Crippen LogP contribution < -0.4 is 5.32 Å². The Morgan fingerprint density at radius 3 is 2.67 bits per heavy atom. The molecule has 90 valence electrons. The van der Waals surface area contributed by atoms with E-state index in [1.54, 1.807) is 6.20 Å². The Balaban J connectivity index is 2.16. The van der Waals surface area contributed by atoms with Gasteiger partial charge in [-0.05, 0) is 36.2 Å². The first-order valence-corrected chi connectivity index (χ1v) is 6.04. The van der Waals surface area contributed by atoms with Gasteiger partial charge in [0.2, 0.25) is 0 Å². The second kappa shape index (κ2) is 5.83. The van der Waals surface area contributed by atoms with Gasteiger partial charge in [-0.25, -0.2) is 4.98 Å². The average Bonchev–Trinajstić information content (AvgIpc) is 2.42. The highest BCUT2D eigenvalue weighted by Gasteiger charge is 2.02. The molecule has 0 fully saturated rings. The first-order chi connectivity index (χ1) is 8.83. The first kappa shape index (κ1) is 12.1. The van der Waals surface area contributed by atoms with Gasteiger partial charge in [0.05, 0.1) is 5.69 Å². The van der Waals surface area contributed by atoms with E-state index < -0.39 is 0 Å². The summed E-state index contributed by atoms with van der Waals surface area (Å²) in [5.41, 5.74) is 3.45. The maximum absolute atomic E-state index is 8.96. The van der Waals surface area contributed by atoms with Crippen molar-refractivity contribution >= 4 is 11.4 Å². The van der Waals surface area contributed by atoms with Crippen LogP contribution in [-0.4, -0.2) is 4.98 Å². The molecule has 2 aromatic rings. The summed E-state index contributed by atoms with van der Waals surface area (Å²) in [6.45, 7) is 2.17. The van der Waals surface area contributed by atoms with Gasteiger partial charge in [0.1, 0.15) is 6.07 Å². The highest BCUT2D eigenvalue weighted by molar-refractivity contribution is 5.64. The lowest BCUT2D eigenvalue weighted by atomic mass is 10.1. The number of hydrogen-bond acceptors (Lipinski definition) is 3. The van der Waals surface area contributed by atoms with E-state index in [1.807, 2.05) is 24.3 Å². The molecule has 18 heavy (non-hydrogen) atoms. The van der Waals surface area contributed by atoms with Gasteiger partial charge < -0.3 is 5.32 Å². The van der Waals surface area contributed by atoms with Crippen molar-refractivity contribution in [2.24, 2.45) is 0 Å². The van der Waals surface area contributed by atoms with Gasteiger partial charge >= 0.3 is 0 Å². The molecule has 2 rings (SSSR count). The quantitative estimate of drug-likeness (QED) is 0.883. The van der Waals surface area contributed by atoms with Gasteiger partial charge in [-0.1, -0.05) is 25.5 Å². The van der Waals surface area contributed by atoms with Crippen LogP contribution in [0.2, 0.25) is 0 Å². The van der Waals surface area contributed by atoms with Crippen LogP contribution in [0.5, 0.6) is 0 Å². The van der Waals surface area contributed by atoms with Crippen molar-refractivity contribution < 1.29 is 0 Å². The van der Waals surface area contributed by atoms with E-state index in [1.165, 1.54) is 5.56 Å². The average molecular weight is 237 g/mol. The molecule has 0 radical (unpaired) electrons. The summed E-state index contributed by atoms with van der Waals surface area (Å²) < 4.78 is 0. The predicted molar refractivity (Wildman–Crippen MR) is 72.7 cm³/mol. The van der Waals surface area contributed by atoms with Crippen LogP contribution >= 0.6 is 0 Å². The van der Waals surface area contributed by atoms with Gasteiger partial charge in [0, 0.05) is 11.9 Å². The smallest absolute Gasteiger partial charge is 0.163 e. The second-order valence-electron chi connectivity index (χ2n) is 4.08. The lowest BCUT2D eigenvalue weighted by Gasteiger charge is -2.08. The van der Waals surface area contributed by atoms with Crippen LogP contribution in [0.1, 0.15) is 24.6 Å². The Hall–Kier alpha value is -2.34. The number of rotatable bonds is 4. The van der Waals surface area contributed by atoms with Crippen LogP contribution in [0.3, 0.4) is 0 Å². The van der Waals surface area contributed by atoms with Crippen molar-refractivity contribution in [1.29, 1.82) is 5.26 Å². The topological polar surface area (TPSA) is 48.7 Å². The van der Waals surface area contributed by atoms with E-state index >= 15 is 0 Å². The predicted octanol–water partition coefficient (Wildman–Crippen LogP) is 3.65. The fourth-order valence-corrected chi connectivity index (χ4v) is 1.79. The Morgan fingerprint density at radius 2 is 2.00 bits per heavy atom. The SMILES string of the molecule is CCCc1ccc(Nc2cccnc2C#N)cc1. The van der Waals surface area contributed by atoms with Gasteiger partial charge in [-0.15, -0.1) is 0 Å². The second-order valence-corrected chi connectivity index (χ2v) is 4.08. The standard InChI is InChI=1S/C15H15N3/c1-2-4-12-6-8-13(9-7-12)18-14-5-3-10-17-15(14)11-16/h3,5-10,18H,2,4H2,1H3. The summed E-state index contributed by atoms with van der Waals surface area (Å²) in [4.78, 5) is 4.02. The molecular formula is C15H15N3. The van der Waals surface area contributed by atoms with Gasteiger partial charge in [-0.3, -0.25) is 0 Å². The highest BCUT2D eigenvalue weighted by atomic mass is 14.9. The molecule has 1 aromatic carbocycles. The Kier molecular flexibility index (Phi) is 3.93. The largest absolute Gasteiger partial charge is 0.353 e. The maximum atomic E-state index is 8.96. The number of nitrogens with zero attached hydrogens (tertiary/aromatic N) is 2. The van der Waals surface area contributed by atoms with E-state index in [-0.39, 0.29) is 0 Å². The lowest BCUT2D eigenvalue weighted by molar-refractivity contribution is 0.922. The number of aromatic nitrogens is 1. The zero-order chi connectivity index (χ0) is 12.8. The zero-order valence-corrected chi connectivity index (χ0v) is 10.4. The number of hydrogen-bond donors (Lipinski definition) is 1. The maximum Gasteiger partial charge on any atom is 0.163 e. The van der Waals surface area contributed by atoms with Crippen LogP contribution in [0.15, 0.2) is 42.6 Å². The lowest BCUT2D eigenvalue weighted by Crippen LogP contribution is -1.95. The summed E-state index contributed by atoms with van der Waals surface area (Å²) in [5, 5.41) is 12.2. The van der Waals surface area contributed by atoms with Gasteiger partial charge in [0.15, 0.2) is 5.69 Å². The molecule has 0 spiro atoms. The zero-order valence-electron chi connectivity index (χ0n) is 10.4. The molecule has 0 aliphatic heterocycles. The summed E-state index contributed by atoms with van der Waals surface area (Å²) >= 11 is 0. The molecule has 0 saturated heterocycles.